The van der Waals surface area contributed by atoms with Crippen LogP contribution in [0, 0.1) is 6.92 Å². The Hall–Kier alpha value is -2.38. The third-order valence-corrected chi connectivity index (χ3v) is 3.56. The van der Waals surface area contributed by atoms with Gasteiger partial charge in [0.1, 0.15) is 18.1 Å². The fourth-order valence-electron chi connectivity index (χ4n) is 2.23. The van der Waals surface area contributed by atoms with Gasteiger partial charge in [-0.2, -0.15) is 0 Å². The Bertz CT molecular complexity index is 856. The van der Waals surface area contributed by atoms with Crippen LogP contribution in [-0.4, -0.2) is 27.2 Å². The van der Waals surface area contributed by atoms with Crippen LogP contribution in [0.15, 0.2) is 28.8 Å². The zero-order valence-corrected chi connectivity index (χ0v) is 13.4. The smallest absolute Gasteiger partial charge is 0.252 e. The van der Waals surface area contributed by atoms with Crippen molar-refractivity contribution < 1.29 is 14.1 Å². The predicted octanol–water partition coefficient (Wildman–Crippen LogP) is 2.68. The topological polar surface area (TPSA) is 82.2 Å². The second-order valence-corrected chi connectivity index (χ2v) is 5.48. The van der Waals surface area contributed by atoms with Gasteiger partial charge >= 0.3 is 0 Å². The number of hydrogen-bond acceptors (Lipinski definition) is 5. The number of carbonyl (C=O) groups excluding carboxylic acids is 1. The van der Waals surface area contributed by atoms with Crippen LogP contribution in [0.2, 0.25) is 5.02 Å². The van der Waals surface area contributed by atoms with Gasteiger partial charge in [-0.3, -0.25) is 10.1 Å². The molecular formula is C15H15ClN4O3. The molecule has 1 amide bonds. The second-order valence-electron chi connectivity index (χ2n) is 5.07. The van der Waals surface area contributed by atoms with Gasteiger partial charge in [0.25, 0.3) is 5.91 Å². The SMILES string of the molecule is Cc1cc(COCC(=O)Nc2nc3cccc(Cl)c3n2C)no1. The van der Waals surface area contributed by atoms with Gasteiger partial charge in [-0.15, -0.1) is 0 Å². The highest BCUT2D eigenvalue weighted by atomic mass is 35.5. The number of para-hydroxylation sites is 1. The van der Waals surface area contributed by atoms with Crippen molar-refractivity contribution in [3.05, 3.63) is 40.7 Å². The lowest BCUT2D eigenvalue weighted by Gasteiger charge is -2.05. The molecule has 0 aliphatic rings. The van der Waals surface area contributed by atoms with Crippen molar-refractivity contribution in [3.8, 4) is 0 Å². The largest absolute Gasteiger partial charge is 0.365 e. The number of anilines is 1. The summed E-state index contributed by atoms with van der Waals surface area (Å²) in [6, 6.07) is 7.18. The first kappa shape index (κ1) is 15.5. The van der Waals surface area contributed by atoms with Gasteiger partial charge in [-0.05, 0) is 19.1 Å². The average molecular weight is 335 g/mol. The lowest BCUT2D eigenvalue weighted by Crippen LogP contribution is -2.20. The molecule has 0 saturated heterocycles. The van der Waals surface area contributed by atoms with E-state index in [9.17, 15) is 4.79 Å². The Morgan fingerprint density at radius 1 is 1.48 bits per heavy atom. The Kier molecular flexibility index (Phi) is 4.31. The number of aromatic nitrogens is 3. The minimum Gasteiger partial charge on any atom is -0.365 e. The number of benzene rings is 1. The standard InChI is InChI=1S/C15H15ClN4O3/c1-9-6-10(19-23-9)7-22-8-13(21)18-15-17-12-5-3-4-11(16)14(12)20(15)2/h3-6H,7-8H2,1-2H3,(H,17,18,21). The highest BCUT2D eigenvalue weighted by Gasteiger charge is 2.13. The highest BCUT2D eigenvalue weighted by molar-refractivity contribution is 6.35. The van der Waals surface area contributed by atoms with Crippen molar-refractivity contribution in [2.75, 3.05) is 11.9 Å². The van der Waals surface area contributed by atoms with Crippen LogP contribution >= 0.6 is 11.6 Å². The van der Waals surface area contributed by atoms with E-state index in [1.807, 2.05) is 12.1 Å². The molecule has 0 bridgehead atoms. The van der Waals surface area contributed by atoms with E-state index in [1.165, 1.54) is 0 Å². The molecule has 1 aromatic carbocycles. The van der Waals surface area contributed by atoms with Gasteiger partial charge in [0.2, 0.25) is 5.95 Å². The van der Waals surface area contributed by atoms with Crippen molar-refractivity contribution in [2.24, 2.45) is 7.05 Å². The summed E-state index contributed by atoms with van der Waals surface area (Å²) < 4.78 is 12.0. The van der Waals surface area contributed by atoms with Crippen LogP contribution in [0.5, 0.6) is 0 Å². The molecule has 0 unspecified atom stereocenters. The zero-order valence-electron chi connectivity index (χ0n) is 12.7. The van der Waals surface area contributed by atoms with E-state index in [4.69, 9.17) is 20.9 Å². The fraction of sp³-hybridized carbons (Fsp3) is 0.267. The van der Waals surface area contributed by atoms with E-state index in [0.717, 1.165) is 5.52 Å². The summed E-state index contributed by atoms with van der Waals surface area (Å²) in [6.07, 6.45) is 0. The molecule has 0 atom stereocenters. The monoisotopic (exact) mass is 334 g/mol. The molecule has 2 heterocycles. The summed E-state index contributed by atoms with van der Waals surface area (Å²) in [5.41, 5.74) is 2.13. The highest BCUT2D eigenvalue weighted by Crippen LogP contribution is 2.25. The van der Waals surface area contributed by atoms with Crippen molar-refractivity contribution in [3.63, 3.8) is 0 Å². The predicted molar refractivity (Wildman–Crippen MR) is 85.2 cm³/mol. The molecule has 0 fully saturated rings. The number of nitrogens with one attached hydrogen (secondary N) is 1. The van der Waals surface area contributed by atoms with E-state index in [1.54, 1.807) is 30.7 Å². The van der Waals surface area contributed by atoms with Crippen LogP contribution in [0.4, 0.5) is 5.95 Å². The van der Waals surface area contributed by atoms with Crippen molar-refractivity contribution in [1.82, 2.24) is 14.7 Å². The zero-order chi connectivity index (χ0) is 16.4. The number of amides is 1. The molecule has 0 spiro atoms. The molecule has 2 aromatic heterocycles. The molecule has 3 rings (SSSR count). The second kappa shape index (κ2) is 6.39. The maximum atomic E-state index is 12.0. The Morgan fingerprint density at radius 3 is 3.00 bits per heavy atom. The molecule has 0 aliphatic heterocycles. The number of carbonyl (C=O) groups is 1. The number of hydrogen-bond donors (Lipinski definition) is 1. The lowest BCUT2D eigenvalue weighted by atomic mass is 10.3. The van der Waals surface area contributed by atoms with Gasteiger partial charge in [-0.1, -0.05) is 22.8 Å². The summed E-state index contributed by atoms with van der Waals surface area (Å²) in [5.74, 6) is 0.809. The van der Waals surface area contributed by atoms with Crippen LogP contribution in [0.3, 0.4) is 0 Å². The van der Waals surface area contributed by atoms with Crippen molar-refractivity contribution in [2.45, 2.75) is 13.5 Å². The number of rotatable bonds is 5. The molecule has 120 valence electrons. The molecule has 0 aliphatic carbocycles. The van der Waals surface area contributed by atoms with Gasteiger partial charge in [0.05, 0.1) is 22.7 Å². The van der Waals surface area contributed by atoms with E-state index < -0.39 is 0 Å². The first-order chi connectivity index (χ1) is 11.0. The van der Waals surface area contributed by atoms with Gasteiger partial charge in [0, 0.05) is 13.1 Å². The quantitative estimate of drug-likeness (QED) is 0.775. The third-order valence-electron chi connectivity index (χ3n) is 3.26. The Balaban J connectivity index is 1.61. The summed E-state index contributed by atoms with van der Waals surface area (Å²) in [5, 5.41) is 7.07. The maximum absolute atomic E-state index is 12.0. The van der Waals surface area contributed by atoms with E-state index in [2.05, 4.69) is 15.5 Å². The number of ether oxygens (including phenoxy) is 1. The molecule has 8 heteroatoms. The normalized spacial score (nSPS) is 11.1. The summed E-state index contributed by atoms with van der Waals surface area (Å²) >= 11 is 6.15. The molecule has 0 saturated carbocycles. The van der Waals surface area contributed by atoms with Gasteiger partial charge < -0.3 is 13.8 Å². The van der Waals surface area contributed by atoms with Crippen molar-refractivity contribution >= 4 is 34.5 Å². The number of fused-ring (bicyclic) bond motifs is 1. The minimum atomic E-state index is -0.306. The van der Waals surface area contributed by atoms with E-state index >= 15 is 0 Å². The number of halogens is 1. The molecule has 7 nitrogen and oxygen atoms in total. The maximum Gasteiger partial charge on any atom is 0.252 e. The number of aryl methyl sites for hydroxylation is 2. The van der Waals surface area contributed by atoms with Crippen molar-refractivity contribution in [1.29, 1.82) is 0 Å². The Morgan fingerprint density at radius 2 is 2.30 bits per heavy atom. The van der Waals surface area contributed by atoms with Crippen LogP contribution in [-0.2, 0) is 23.2 Å². The lowest BCUT2D eigenvalue weighted by molar-refractivity contribution is -0.121. The minimum absolute atomic E-state index is 0.108. The average Bonchev–Trinajstić information content (AvgIpc) is 3.04. The fourth-order valence-corrected chi connectivity index (χ4v) is 2.52. The summed E-state index contributed by atoms with van der Waals surface area (Å²) in [6.45, 7) is 1.89. The number of nitrogens with zero attached hydrogens (tertiary/aromatic N) is 3. The first-order valence-electron chi connectivity index (χ1n) is 6.95. The van der Waals surface area contributed by atoms with Gasteiger partial charge in [-0.25, -0.2) is 4.98 Å². The summed E-state index contributed by atoms with van der Waals surface area (Å²) in [7, 11) is 1.79. The van der Waals surface area contributed by atoms with Gasteiger partial charge in [0.15, 0.2) is 0 Å². The Labute approximate surface area is 137 Å². The first-order valence-corrected chi connectivity index (χ1v) is 7.33. The number of imidazole rings is 1. The molecule has 0 radical (unpaired) electrons. The molecular weight excluding hydrogens is 320 g/mol. The summed E-state index contributed by atoms with van der Waals surface area (Å²) in [4.78, 5) is 16.3. The van der Waals surface area contributed by atoms with Crippen LogP contribution in [0.1, 0.15) is 11.5 Å². The molecule has 3 aromatic rings. The molecule has 1 N–H and O–H groups in total. The molecule has 23 heavy (non-hydrogen) atoms. The third kappa shape index (κ3) is 3.35. The van der Waals surface area contributed by atoms with Crippen LogP contribution < -0.4 is 5.32 Å². The van der Waals surface area contributed by atoms with Crippen LogP contribution in [0.25, 0.3) is 11.0 Å². The van der Waals surface area contributed by atoms with E-state index in [-0.39, 0.29) is 19.1 Å². The van der Waals surface area contributed by atoms with E-state index in [0.29, 0.717) is 27.9 Å².